The van der Waals surface area contributed by atoms with Crippen molar-refractivity contribution >= 4 is 49.2 Å². The number of benzene rings is 1. The molecule has 1 aromatic carbocycles. The quantitative estimate of drug-likeness (QED) is 0.383. The fourth-order valence-electron chi connectivity index (χ4n) is 4.75. The lowest BCUT2D eigenvalue weighted by atomic mass is 9.86. The summed E-state index contributed by atoms with van der Waals surface area (Å²) in [5.74, 6) is 3.95. The van der Waals surface area contributed by atoms with Crippen LogP contribution < -0.4 is 10.2 Å². The van der Waals surface area contributed by atoms with Crippen LogP contribution in [0.3, 0.4) is 0 Å². The molecule has 2 aliphatic rings. The average Bonchev–Trinajstić information content (AvgIpc) is 3.46. The van der Waals surface area contributed by atoms with E-state index in [1.165, 1.54) is 28.6 Å². The Morgan fingerprint density at radius 3 is 2.78 bits per heavy atom. The largest absolute Gasteiger partial charge is 0.396 e. The van der Waals surface area contributed by atoms with E-state index in [2.05, 4.69) is 57.7 Å². The highest BCUT2D eigenvalue weighted by Gasteiger charge is 2.27. The van der Waals surface area contributed by atoms with Crippen molar-refractivity contribution in [2.24, 2.45) is 11.8 Å². The molecule has 4 heterocycles. The highest BCUT2D eigenvalue weighted by Crippen LogP contribution is 2.41. The smallest absolute Gasteiger partial charge is 0.227 e. The molecule has 4 aromatic rings. The monoisotopic (exact) mass is 448 g/mol. The van der Waals surface area contributed by atoms with Gasteiger partial charge in [-0.1, -0.05) is 25.1 Å². The Balaban J connectivity index is 1.37. The molecule has 1 aliphatic carbocycles. The Hall–Kier alpha value is -2.71. The van der Waals surface area contributed by atoms with Crippen LogP contribution in [0.5, 0.6) is 0 Å². The van der Waals surface area contributed by atoms with Crippen molar-refractivity contribution in [3.8, 4) is 0 Å². The Kier molecular flexibility index (Phi) is 4.99. The Bertz CT molecular complexity index is 1250. The summed E-state index contributed by atoms with van der Waals surface area (Å²) in [6, 6.07) is 10.5. The van der Waals surface area contributed by atoms with Gasteiger partial charge in [0.05, 0.1) is 10.2 Å². The fourth-order valence-corrected chi connectivity index (χ4v) is 5.84. The number of thiophene rings is 1. The van der Waals surface area contributed by atoms with Gasteiger partial charge in [-0.25, -0.2) is 4.98 Å². The number of nitrogens with zero attached hydrogens (tertiary/aromatic N) is 4. The molecule has 0 radical (unpaired) electrons. The van der Waals surface area contributed by atoms with E-state index >= 15 is 0 Å². The predicted molar refractivity (Wildman–Crippen MR) is 130 cm³/mol. The van der Waals surface area contributed by atoms with Crippen molar-refractivity contribution in [3.63, 3.8) is 0 Å². The third kappa shape index (κ3) is 3.61. The van der Waals surface area contributed by atoms with E-state index < -0.39 is 0 Å². The molecule has 1 aliphatic heterocycles. The first kappa shape index (κ1) is 19.9. The maximum absolute atomic E-state index is 9.53. The molecule has 6 rings (SSSR count). The van der Waals surface area contributed by atoms with Crippen LogP contribution >= 0.6 is 11.3 Å². The molecule has 8 heteroatoms. The van der Waals surface area contributed by atoms with E-state index in [9.17, 15) is 5.11 Å². The minimum Gasteiger partial charge on any atom is -0.396 e. The highest BCUT2D eigenvalue weighted by molar-refractivity contribution is 7.26. The van der Waals surface area contributed by atoms with E-state index in [0.717, 1.165) is 53.7 Å². The molecule has 2 fully saturated rings. The van der Waals surface area contributed by atoms with Gasteiger partial charge < -0.3 is 15.3 Å². The third-order valence-corrected chi connectivity index (χ3v) is 8.15. The summed E-state index contributed by atoms with van der Waals surface area (Å²) in [6.45, 7) is 4.23. The van der Waals surface area contributed by atoms with E-state index in [1.807, 2.05) is 0 Å². The molecular weight excluding hydrogens is 420 g/mol. The van der Waals surface area contributed by atoms with Crippen molar-refractivity contribution in [3.05, 3.63) is 36.0 Å². The number of fused-ring (bicyclic) bond motifs is 3. The molecule has 7 nitrogen and oxygen atoms in total. The van der Waals surface area contributed by atoms with Gasteiger partial charge in [0.2, 0.25) is 5.95 Å². The van der Waals surface area contributed by atoms with Crippen molar-refractivity contribution < 1.29 is 5.11 Å². The van der Waals surface area contributed by atoms with Crippen LogP contribution in [0.1, 0.15) is 44.2 Å². The van der Waals surface area contributed by atoms with Gasteiger partial charge in [-0.05, 0) is 43.6 Å². The van der Waals surface area contributed by atoms with Gasteiger partial charge in [0, 0.05) is 47.5 Å². The standard InChI is InChI=1S/C24H28N6OS/c1-14(13-31)15-8-10-30(11-9-15)24-26-21-17-4-2-3-5-19(17)32-22(21)23(27-24)25-20-12-18(28-29-20)16-6-7-16/h2-5,12,14-16,31H,6-11,13H2,1H3,(H2,25,26,27,28,29). The summed E-state index contributed by atoms with van der Waals surface area (Å²) >= 11 is 1.72. The molecule has 1 unspecified atom stereocenters. The van der Waals surface area contributed by atoms with Crippen molar-refractivity contribution in [2.45, 2.75) is 38.5 Å². The number of hydrogen-bond donors (Lipinski definition) is 3. The van der Waals surface area contributed by atoms with Gasteiger partial charge in [0.15, 0.2) is 11.6 Å². The lowest BCUT2D eigenvalue weighted by Gasteiger charge is -2.34. The summed E-state index contributed by atoms with van der Waals surface area (Å²) in [5.41, 5.74) is 2.20. The molecule has 32 heavy (non-hydrogen) atoms. The van der Waals surface area contributed by atoms with Gasteiger partial charge in [0.25, 0.3) is 0 Å². The normalized spacial score (nSPS) is 18.5. The van der Waals surface area contributed by atoms with Crippen LogP contribution in [0.15, 0.2) is 30.3 Å². The number of hydrogen-bond acceptors (Lipinski definition) is 7. The van der Waals surface area contributed by atoms with Gasteiger partial charge in [0.1, 0.15) is 0 Å². The van der Waals surface area contributed by atoms with Crippen molar-refractivity contribution in [1.29, 1.82) is 0 Å². The number of aromatic amines is 1. The fraction of sp³-hybridized carbons (Fsp3) is 0.458. The molecule has 3 N–H and O–H groups in total. The summed E-state index contributed by atoms with van der Waals surface area (Å²) < 4.78 is 2.28. The molecule has 0 spiro atoms. The number of aromatic nitrogens is 4. The molecule has 0 bridgehead atoms. The van der Waals surface area contributed by atoms with Crippen LogP contribution in [0, 0.1) is 11.8 Å². The highest BCUT2D eigenvalue weighted by atomic mass is 32.1. The third-order valence-electron chi connectivity index (χ3n) is 6.98. The second kappa shape index (κ2) is 8.01. The first-order chi connectivity index (χ1) is 15.7. The zero-order valence-electron chi connectivity index (χ0n) is 18.2. The maximum atomic E-state index is 9.53. The molecule has 1 atom stereocenters. The first-order valence-corrected chi connectivity index (χ1v) is 12.4. The zero-order valence-corrected chi connectivity index (χ0v) is 19.0. The Morgan fingerprint density at radius 1 is 1.19 bits per heavy atom. The van der Waals surface area contributed by atoms with E-state index in [-0.39, 0.29) is 6.61 Å². The van der Waals surface area contributed by atoms with Crippen LogP contribution in [-0.2, 0) is 0 Å². The molecule has 3 aromatic heterocycles. The van der Waals surface area contributed by atoms with Crippen molar-refractivity contribution in [2.75, 3.05) is 29.9 Å². The average molecular weight is 449 g/mol. The first-order valence-electron chi connectivity index (χ1n) is 11.6. The van der Waals surface area contributed by atoms with Gasteiger partial charge in [-0.2, -0.15) is 10.1 Å². The SMILES string of the molecule is CC(CO)C1CCN(c2nc(Nc3cc(C4CC4)[nH]n3)c3sc4ccccc4c3n2)CC1. The molecule has 1 saturated heterocycles. The molecule has 0 amide bonds. The summed E-state index contributed by atoms with van der Waals surface area (Å²) in [6.07, 6.45) is 4.59. The lowest BCUT2D eigenvalue weighted by Crippen LogP contribution is -2.37. The number of aliphatic hydroxyl groups excluding tert-OH is 1. The van der Waals surface area contributed by atoms with E-state index in [4.69, 9.17) is 9.97 Å². The molecule has 166 valence electrons. The molecular formula is C24H28N6OS. The predicted octanol–water partition coefficient (Wildman–Crippen LogP) is 5.03. The number of H-pyrrole nitrogens is 1. The topological polar surface area (TPSA) is 90.0 Å². The van der Waals surface area contributed by atoms with Crippen LogP contribution in [0.2, 0.25) is 0 Å². The summed E-state index contributed by atoms with van der Waals surface area (Å²) in [7, 11) is 0. The van der Waals surface area contributed by atoms with Crippen molar-refractivity contribution in [1.82, 2.24) is 20.2 Å². The number of anilines is 3. The van der Waals surface area contributed by atoms with Gasteiger partial charge >= 0.3 is 0 Å². The number of rotatable bonds is 6. The second-order valence-corrected chi connectivity index (χ2v) is 10.3. The summed E-state index contributed by atoms with van der Waals surface area (Å²) in [4.78, 5) is 12.3. The number of piperidine rings is 1. The van der Waals surface area contributed by atoms with Gasteiger partial charge in [-0.3, -0.25) is 5.10 Å². The zero-order chi connectivity index (χ0) is 21.7. The van der Waals surface area contributed by atoms with Gasteiger partial charge in [-0.15, -0.1) is 11.3 Å². The Labute approximate surface area is 190 Å². The molecule has 1 saturated carbocycles. The summed E-state index contributed by atoms with van der Waals surface area (Å²) in [5, 5.41) is 21.8. The maximum Gasteiger partial charge on any atom is 0.227 e. The minimum atomic E-state index is 0.259. The van der Waals surface area contributed by atoms with Crippen LogP contribution in [0.25, 0.3) is 20.3 Å². The number of aliphatic hydroxyl groups is 1. The van der Waals surface area contributed by atoms with E-state index in [0.29, 0.717) is 17.8 Å². The second-order valence-electron chi connectivity index (χ2n) is 9.24. The van der Waals surface area contributed by atoms with E-state index in [1.54, 1.807) is 11.3 Å². The minimum absolute atomic E-state index is 0.259. The van der Waals surface area contributed by atoms with Crippen LogP contribution in [-0.4, -0.2) is 45.0 Å². The number of nitrogens with one attached hydrogen (secondary N) is 2. The lowest BCUT2D eigenvalue weighted by molar-refractivity contribution is 0.170. The Morgan fingerprint density at radius 2 is 2.00 bits per heavy atom. The van der Waals surface area contributed by atoms with Crippen LogP contribution in [0.4, 0.5) is 17.6 Å².